The van der Waals surface area contributed by atoms with E-state index in [1.165, 1.54) is 0 Å². The number of amides is 1. The maximum absolute atomic E-state index is 11.9. The molecule has 1 aromatic rings. The molecule has 8 nitrogen and oxygen atoms in total. The molecule has 1 fully saturated rings. The fourth-order valence-corrected chi connectivity index (χ4v) is 2.25. The van der Waals surface area contributed by atoms with E-state index in [-0.39, 0.29) is 17.6 Å². The zero-order valence-corrected chi connectivity index (χ0v) is 12.1. The second-order valence-corrected chi connectivity index (χ2v) is 5.35. The molecule has 0 spiro atoms. The SMILES string of the molecule is CC(CCNC(=O)c1cn(C2CCNCC2)nn1)C(=O)O. The van der Waals surface area contributed by atoms with E-state index in [0.29, 0.717) is 13.0 Å². The number of aliphatic carboxylic acids is 1. The molecular formula is C13H21N5O3. The molecule has 2 heterocycles. The molecule has 1 aliphatic heterocycles. The van der Waals surface area contributed by atoms with Gasteiger partial charge in [0.1, 0.15) is 0 Å². The minimum absolute atomic E-state index is 0.275. The van der Waals surface area contributed by atoms with Gasteiger partial charge in [-0.3, -0.25) is 9.59 Å². The molecule has 21 heavy (non-hydrogen) atoms. The lowest BCUT2D eigenvalue weighted by Gasteiger charge is -2.22. The van der Waals surface area contributed by atoms with Gasteiger partial charge in [0.2, 0.25) is 0 Å². The van der Waals surface area contributed by atoms with Crippen LogP contribution in [0, 0.1) is 5.92 Å². The number of carbonyl (C=O) groups excluding carboxylic acids is 1. The summed E-state index contributed by atoms with van der Waals surface area (Å²) in [7, 11) is 0. The van der Waals surface area contributed by atoms with Gasteiger partial charge in [0.05, 0.1) is 18.2 Å². The molecule has 1 unspecified atom stereocenters. The van der Waals surface area contributed by atoms with Gasteiger partial charge < -0.3 is 15.7 Å². The fourth-order valence-electron chi connectivity index (χ4n) is 2.25. The summed E-state index contributed by atoms with van der Waals surface area (Å²) in [5, 5.41) is 22.6. The zero-order valence-electron chi connectivity index (χ0n) is 12.1. The van der Waals surface area contributed by atoms with Crippen LogP contribution in [0.4, 0.5) is 0 Å². The fraction of sp³-hybridized carbons (Fsp3) is 0.692. The van der Waals surface area contributed by atoms with E-state index in [2.05, 4.69) is 20.9 Å². The Morgan fingerprint density at radius 2 is 2.24 bits per heavy atom. The maximum Gasteiger partial charge on any atom is 0.306 e. The Kier molecular flexibility index (Phi) is 5.26. The highest BCUT2D eigenvalue weighted by Crippen LogP contribution is 2.16. The van der Waals surface area contributed by atoms with Gasteiger partial charge in [-0.05, 0) is 32.4 Å². The quantitative estimate of drug-likeness (QED) is 0.684. The zero-order chi connectivity index (χ0) is 15.2. The van der Waals surface area contributed by atoms with Crippen LogP contribution in [-0.4, -0.2) is 51.6 Å². The first-order valence-corrected chi connectivity index (χ1v) is 7.21. The summed E-state index contributed by atoms with van der Waals surface area (Å²) in [5.41, 5.74) is 0.275. The Morgan fingerprint density at radius 1 is 1.52 bits per heavy atom. The van der Waals surface area contributed by atoms with Gasteiger partial charge in [-0.1, -0.05) is 12.1 Å². The standard InChI is InChI=1S/C13H21N5O3/c1-9(13(20)21)2-7-15-12(19)11-8-18(17-16-11)10-3-5-14-6-4-10/h8-10,14H,2-7H2,1H3,(H,15,19)(H,20,21). The lowest BCUT2D eigenvalue weighted by Crippen LogP contribution is -2.29. The van der Waals surface area contributed by atoms with E-state index in [1.54, 1.807) is 17.8 Å². The predicted molar refractivity (Wildman–Crippen MR) is 74.9 cm³/mol. The average Bonchev–Trinajstić information content (AvgIpc) is 2.97. The van der Waals surface area contributed by atoms with E-state index in [9.17, 15) is 9.59 Å². The monoisotopic (exact) mass is 295 g/mol. The summed E-state index contributed by atoms with van der Waals surface area (Å²) >= 11 is 0. The van der Waals surface area contributed by atoms with Crippen molar-refractivity contribution in [2.75, 3.05) is 19.6 Å². The molecule has 0 radical (unpaired) electrons. The topological polar surface area (TPSA) is 109 Å². The number of hydrogen-bond acceptors (Lipinski definition) is 5. The highest BCUT2D eigenvalue weighted by molar-refractivity contribution is 5.91. The van der Waals surface area contributed by atoms with Gasteiger partial charge in [-0.15, -0.1) is 5.10 Å². The van der Waals surface area contributed by atoms with Crippen LogP contribution in [0.3, 0.4) is 0 Å². The van der Waals surface area contributed by atoms with Crippen LogP contribution in [0.25, 0.3) is 0 Å². The molecule has 2 rings (SSSR count). The van der Waals surface area contributed by atoms with Crippen LogP contribution in [0.15, 0.2) is 6.20 Å². The van der Waals surface area contributed by atoms with E-state index in [4.69, 9.17) is 5.11 Å². The Balaban J connectivity index is 1.82. The molecule has 1 aliphatic rings. The van der Waals surface area contributed by atoms with Crippen LogP contribution in [0.5, 0.6) is 0 Å². The minimum Gasteiger partial charge on any atom is -0.481 e. The molecule has 3 N–H and O–H groups in total. The smallest absolute Gasteiger partial charge is 0.306 e. The van der Waals surface area contributed by atoms with Gasteiger partial charge in [-0.2, -0.15) is 0 Å². The first-order chi connectivity index (χ1) is 10.1. The summed E-state index contributed by atoms with van der Waals surface area (Å²) in [5.74, 6) is -1.65. The molecule has 1 amide bonds. The molecule has 1 saturated heterocycles. The van der Waals surface area contributed by atoms with Crippen molar-refractivity contribution < 1.29 is 14.7 Å². The first kappa shape index (κ1) is 15.4. The summed E-state index contributed by atoms with van der Waals surface area (Å²) in [6.45, 7) is 3.81. The number of nitrogens with zero attached hydrogens (tertiary/aromatic N) is 3. The number of hydrogen-bond donors (Lipinski definition) is 3. The molecular weight excluding hydrogens is 274 g/mol. The molecule has 0 bridgehead atoms. The van der Waals surface area contributed by atoms with Crippen molar-refractivity contribution in [3.63, 3.8) is 0 Å². The van der Waals surface area contributed by atoms with Crippen molar-refractivity contribution in [2.45, 2.75) is 32.2 Å². The Labute approximate surface area is 122 Å². The Hall–Kier alpha value is -1.96. The van der Waals surface area contributed by atoms with Crippen molar-refractivity contribution in [1.29, 1.82) is 0 Å². The van der Waals surface area contributed by atoms with Gasteiger partial charge >= 0.3 is 5.97 Å². The van der Waals surface area contributed by atoms with E-state index < -0.39 is 11.9 Å². The molecule has 0 saturated carbocycles. The number of piperidine rings is 1. The number of aromatic nitrogens is 3. The van der Waals surface area contributed by atoms with Crippen LogP contribution in [0.1, 0.15) is 42.7 Å². The Bertz CT molecular complexity index is 496. The minimum atomic E-state index is -0.860. The third-order valence-corrected chi connectivity index (χ3v) is 3.71. The molecule has 116 valence electrons. The van der Waals surface area contributed by atoms with Crippen LogP contribution >= 0.6 is 0 Å². The molecule has 0 aromatic carbocycles. The van der Waals surface area contributed by atoms with E-state index in [1.807, 2.05) is 0 Å². The van der Waals surface area contributed by atoms with Crippen molar-refractivity contribution in [1.82, 2.24) is 25.6 Å². The normalized spacial score (nSPS) is 17.4. The second-order valence-electron chi connectivity index (χ2n) is 5.35. The van der Waals surface area contributed by atoms with Gasteiger partial charge in [0.25, 0.3) is 5.91 Å². The van der Waals surface area contributed by atoms with Gasteiger partial charge in [-0.25, -0.2) is 4.68 Å². The van der Waals surface area contributed by atoms with Crippen LogP contribution in [0.2, 0.25) is 0 Å². The second kappa shape index (κ2) is 7.16. The molecule has 8 heteroatoms. The third kappa shape index (κ3) is 4.25. The number of carboxylic acid groups (broad SMARTS) is 1. The first-order valence-electron chi connectivity index (χ1n) is 7.21. The number of nitrogens with one attached hydrogen (secondary N) is 2. The van der Waals surface area contributed by atoms with Crippen LogP contribution in [-0.2, 0) is 4.79 Å². The van der Waals surface area contributed by atoms with Crippen molar-refractivity contribution in [3.8, 4) is 0 Å². The van der Waals surface area contributed by atoms with Gasteiger partial charge in [0, 0.05) is 6.54 Å². The summed E-state index contributed by atoms with van der Waals surface area (Å²) in [6.07, 6.45) is 4.00. The molecule has 1 atom stereocenters. The van der Waals surface area contributed by atoms with E-state index in [0.717, 1.165) is 25.9 Å². The van der Waals surface area contributed by atoms with Crippen molar-refractivity contribution >= 4 is 11.9 Å². The van der Waals surface area contributed by atoms with E-state index >= 15 is 0 Å². The number of carbonyl (C=O) groups is 2. The highest BCUT2D eigenvalue weighted by Gasteiger charge is 2.19. The maximum atomic E-state index is 11.9. The lowest BCUT2D eigenvalue weighted by atomic mass is 10.1. The largest absolute Gasteiger partial charge is 0.481 e. The van der Waals surface area contributed by atoms with Gasteiger partial charge in [0.15, 0.2) is 5.69 Å². The summed E-state index contributed by atoms with van der Waals surface area (Å²) in [6, 6.07) is 0.285. The predicted octanol–water partition coefficient (Wildman–Crippen LogP) is 0.0432. The number of carboxylic acids is 1. The van der Waals surface area contributed by atoms with Crippen molar-refractivity contribution in [2.24, 2.45) is 5.92 Å². The van der Waals surface area contributed by atoms with Crippen molar-refractivity contribution in [3.05, 3.63) is 11.9 Å². The third-order valence-electron chi connectivity index (χ3n) is 3.71. The average molecular weight is 295 g/mol. The highest BCUT2D eigenvalue weighted by atomic mass is 16.4. The Morgan fingerprint density at radius 3 is 2.90 bits per heavy atom. The van der Waals surface area contributed by atoms with Crippen LogP contribution < -0.4 is 10.6 Å². The summed E-state index contributed by atoms with van der Waals surface area (Å²) < 4.78 is 1.75. The summed E-state index contributed by atoms with van der Waals surface area (Å²) in [4.78, 5) is 22.6. The molecule has 1 aromatic heterocycles. The molecule has 0 aliphatic carbocycles. The lowest BCUT2D eigenvalue weighted by molar-refractivity contribution is -0.141. The number of rotatable bonds is 6.